The summed E-state index contributed by atoms with van der Waals surface area (Å²) in [5.74, 6) is 1.93. The number of hydrogen-bond acceptors (Lipinski definition) is 4. The number of rotatable bonds is 7. The molecular weight excluding hydrogens is 372 g/mol. The zero-order valence-electron chi connectivity index (χ0n) is 18.2. The summed E-state index contributed by atoms with van der Waals surface area (Å²) >= 11 is 0. The summed E-state index contributed by atoms with van der Waals surface area (Å²) in [7, 11) is 1.70. The highest BCUT2D eigenvalue weighted by Crippen LogP contribution is 2.23. The molecule has 0 spiro atoms. The molecule has 0 radical (unpaired) electrons. The van der Waals surface area contributed by atoms with E-state index in [-0.39, 0.29) is 0 Å². The van der Waals surface area contributed by atoms with Gasteiger partial charge in [0, 0.05) is 31.6 Å². The fourth-order valence-electron chi connectivity index (χ4n) is 4.74. The molecule has 1 saturated heterocycles. The molecule has 2 aliphatic heterocycles. The summed E-state index contributed by atoms with van der Waals surface area (Å²) in [6, 6.07) is 14.8. The molecule has 0 aliphatic carbocycles. The van der Waals surface area contributed by atoms with Crippen molar-refractivity contribution in [3.63, 3.8) is 0 Å². The molecule has 2 heterocycles. The van der Waals surface area contributed by atoms with Crippen LogP contribution in [0.25, 0.3) is 0 Å². The third-order valence-electron chi connectivity index (χ3n) is 6.73. The number of fused-ring (bicyclic) bond motifs is 1. The molecule has 0 amide bonds. The molecule has 0 saturated carbocycles. The van der Waals surface area contributed by atoms with E-state index in [1.54, 1.807) is 7.11 Å². The number of carbonyl (C=O) groups is 1. The Bertz CT molecular complexity index is 841. The lowest BCUT2D eigenvalue weighted by Gasteiger charge is -2.22. The summed E-state index contributed by atoms with van der Waals surface area (Å²) in [4.78, 5) is 15.3. The average molecular weight is 407 g/mol. The Kier molecular flexibility index (Phi) is 7.19. The molecule has 4 rings (SSSR count). The Hall–Kier alpha value is -2.17. The van der Waals surface area contributed by atoms with Crippen LogP contribution in [0.4, 0.5) is 0 Å². The van der Waals surface area contributed by atoms with Gasteiger partial charge in [-0.05, 0) is 86.0 Å². The van der Waals surface area contributed by atoms with Crippen LogP contribution in [0, 0.1) is 5.92 Å². The summed E-state index contributed by atoms with van der Waals surface area (Å²) in [5.41, 5.74) is 4.99. The molecule has 2 aliphatic rings. The summed E-state index contributed by atoms with van der Waals surface area (Å²) in [6.45, 7) is 5.25. The van der Waals surface area contributed by atoms with Crippen molar-refractivity contribution < 1.29 is 9.53 Å². The highest BCUT2D eigenvalue weighted by Gasteiger charge is 2.18. The van der Waals surface area contributed by atoms with Crippen molar-refractivity contribution in [2.45, 2.75) is 45.1 Å². The monoisotopic (exact) mass is 406 g/mol. The fourth-order valence-corrected chi connectivity index (χ4v) is 4.74. The second-order valence-electron chi connectivity index (χ2n) is 8.76. The van der Waals surface area contributed by atoms with E-state index in [1.807, 2.05) is 12.1 Å². The zero-order valence-corrected chi connectivity index (χ0v) is 18.2. The van der Waals surface area contributed by atoms with Gasteiger partial charge in [-0.15, -0.1) is 0 Å². The van der Waals surface area contributed by atoms with Gasteiger partial charge in [0.2, 0.25) is 0 Å². The molecule has 1 fully saturated rings. The Morgan fingerprint density at radius 1 is 1.03 bits per heavy atom. The Morgan fingerprint density at radius 2 is 1.77 bits per heavy atom. The largest absolute Gasteiger partial charge is 0.497 e. The number of methoxy groups -OCH3 is 1. The van der Waals surface area contributed by atoms with E-state index in [1.165, 1.54) is 29.5 Å². The average Bonchev–Trinajstić information content (AvgIpc) is 3.00. The van der Waals surface area contributed by atoms with E-state index in [0.717, 1.165) is 63.3 Å². The van der Waals surface area contributed by atoms with Crippen molar-refractivity contribution in [2.75, 3.05) is 33.3 Å². The molecule has 30 heavy (non-hydrogen) atoms. The molecule has 160 valence electrons. The molecule has 2 aromatic rings. The lowest BCUT2D eigenvalue weighted by molar-refractivity contribution is 0.0970. The minimum Gasteiger partial charge on any atom is -0.497 e. The van der Waals surface area contributed by atoms with Gasteiger partial charge in [-0.1, -0.05) is 24.3 Å². The SMILES string of the molecule is COc1ccc(CN2CCc3ccc(C(=O)CCC4CCNCC4)cc3CC2)cc1. The fraction of sp³-hybridized carbons (Fsp3) is 0.500. The Balaban J connectivity index is 1.33. The lowest BCUT2D eigenvalue weighted by Crippen LogP contribution is -2.28. The van der Waals surface area contributed by atoms with E-state index >= 15 is 0 Å². The van der Waals surface area contributed by atoms with Gasteiger partial charge in [-0.3, -0.25) is 9.69 Å². The molecule has 0 atom stereocenters. The summed E-state index contributed by atoms with van der Waals surface area (Å²) < 4.78 is 5.26. The molecular formula is C26H34N2O2. The summed E-state index contributed by atoms with van der Waals surface area (Å²) in [5, 5.41) is 3.40. The lowest BCUT2D eigenvalue weighted by atomic mass is 9.90. The third kappa shape index (κ3) is 5.50. The van der Waals surface area contributed by atoms with Crippen LogP contribution >= 0.6 is 0 Å². The van der Waals surface area contributed by atoms with Crippen LogP contribution in [-0.4, -0.2) is 44.0 Å². The topological polar surface area (TPSA) is 41.6 Å². The summed E-state index contributed by atoms with van der Waals surface area (Å²) in [6.07, 6.45) is 6.21. The van der Waals surface area contributed by atoms with Gasteiger partial charge in [0.25, 0.3) is 0 Å². The second-order valence-corrected chi connectivity index (χ2v) is 8.76. The number of hydrogen-bond donors (Lipinski definition) is 1. The molecule has 0 aromatic heterocycles. The highest BCUT2D eigenvalue weighted by atomic mass is 16.5. The molecule has 1 N–H and O–H groups in total. The number of ether oxygens (including phenoxy) is 1. The number of ketones is 1. The minimum atomic E-state index is 0.315. The van der Waals surface area contributed by atoms with Crippen molar-refractivity contribution >= 4 is 5.78 Å². The van der Waals surface area contributed by atoms with Crippen LogP contribution in [0.3, 0.4) is 0 Å². The molecule has 4 heteroatoms. The molecule has 2 aromatic carbocycles. The predicted octanol–water partition coefficient (Wildman–Crippen LogP) is 4.26. The van der Waals surface area contributed by atoms with Gasteiger partial charge < -0.3 is 10.1 Å². The van der Waals surface area contributed by atoms with E-state index in [4.69, 9.17) is 4.74 Å². The number of nitrogens with one attached hydrogen (secondary N) is 1. The number of benzene rings is 2. The molecule has 0 bridgehead atoms. The van der Waals surface area contributed by atoms with Crippen LogP contribution in [0.1, 0.15) is 52.7 Å². The van der Waals surface area contributed by atoms with Gasteiger partial charge >= 0.3 is 0 Å². The van der Waals surface area contributed by atoms with Crippen LogP contribution < -0.4 is 10.1 Å². The first kappa shape index (κ1) is 21.1. The van der Waals surface area contributed by atoms with E-state index in [2.05, 4.69) is 40.5 Å². The number of carbonyl (C=O) groups excluding carboxylic acids is 1. The normalized spacial score (nSPS) is 17.9. The van der Waals surface area contributed by atoms with E-state index in [0.29, 0.717) is 18.1 Å². The van der Waals surface area contributed by atoms with Crippen molar-refractivity contribution in [2.24, 2.45) is 5.92 Å². The first-order chi connectivity index (χ1) is 14.7. The van der Waals surface area contributed by atoms with Crippen LogP contribution in [0.5, 0.6) is 5.75 Å². The van der Waals surface area contributed by atoms with Crippen LogP contribution in [0.2, 0.25) is 0 Å². The van der Waals surface area contributed by atoms with Crippen LogP contribution in [-0.2, 0) is 19.4 Å². The van der Waals surface area contributed by atoms with Gasteiger partial charge in [-0.2, -0.15) is 0 Å². The Labute approximate surface area is 180 Å². The Morgan fingerprint density at radius 3 is 2.50 bits per heavy atom. The number of nitrogens with zero attached hydrogens (tertiary/aromatic N) is 1. The van der Waals surface area contributed by atoms with E-state index in [9.17, 15) is 4.79 Å². The predicted molar refractivity (Wildman–Crippen MR) is 121 cm³/mol. The van der Waals surface area contributed by atoms with Gasteiger partial charge in [-0.25, -0.2) is 0 Å². The van der Waals surface area contributed by atoms with Gasteiger partial charge in [0.05, 0.1) is 7.11 Å². The maximum Gasteiger partial charge on any atom is 0.162 e. The first-order valence-corrected chi connectivity index (χ1v) is 11.4. The second kappa shape index (κ2) is 10.2. The number of piperidine rings is 1. The maximum absolute atomic E-state index is 12.8. The minimum absolute atomic E-state index is 0.315. The molecule has 0 unspecified atom stereocenters. The number of Topliss-reactive ketones (excluding diaryl/α,β-unsaturated/α-hetero) is 1. The van der Waals surface area contributed by atoms with Crippen molar-refractivity contribution in [1.29, 1.82) is 0 Å². The standard InChI is InChI=1S/C26H34N2O2/c1-30-25-7-2-21(3-8-25)19-28-16-12-22-5-6-24(18-23(22)13-17-28)26(29)9-4-20-10-14-27-15-11-20/h2-3,5-8,18,20,27H,4,9-17,19H2,1H3. The zero-order chi connectivity index (χ0) is 20.8. The van der Waals surface area contributed by atoms with E-state index < -0.39 is 0 Å². The maximum atomic E-state index is 12.8. The van der Waals surface area contributed by atoms with Crippen molar-refractivity contribution in [3.05, 3.63) is 64.7 Å². The smallest absolute Gasteiger partial charge is 0.162 e. The van der Waals surface area contributed by atoms with Crippen LogP contribution in [0.15, 0.2) is 42.5 Å². The highest BCUT2D eigenvalue weighted by molar-refractivity contribution is 5.96. The van der Waals surface area contributed by atoms with Crippen molar-refractivity contribution in [3.8, 4) is 5.75 Å². The van der Waals surface area contributed by atoms with Gasteiger partial charge in [0.1, 0.15) is 5.75 Å². The quantitative estimate of drug-likeness (QED) is 0.698. The third-order valence-corrected chi connectivity index (χ3v) is 6.73. The van der Waals surface area contributed by atoms with Gasteiger partial charge in [0.15, 0.2) is 5.78 Å². The van der Waals surface area contributed by atoms with Crippen molar-refractivity contribution in [1.82, 2.24) is 10.2 Å². The first-order valence-electron chi connectivity index (χ1n) is 11.4. The molecule has 4 nitrogen and oxygen atoms in total.